The Morgan fingerprint density at radius 3 is 2.71 bits per heavy atom. The molecule has 0 aliphatic heterocycles. The normalized spacial score (nSPS) is 10.6. The molecule has 1 aromatic carbocycles. The predicted octanol–water partition coefficient (Wildman–Crippen LogP) is 0.871. The number of fused-ring (bicyclic) bond motifs is 1. The summed E-state index contributed by atoms with van der Waals surface area (Å²) in [6, 6.07) is 5.81. The second-order valence-corrected chi connectivity index (χ2v) is 3.84. The lowest BCUT2D eigenvalue weighted by molar-refractivity contribution is -0.136. The van der Waals surface area contributed by atoms with Crippen LogP contribution in [0.15, 0.2) is 29.1 Å². The fourth-order valence-corrected chi connectivity index (χ4v) is 1.83. The van der Waals surface area contributed by atoms with Crippen LogP contribution in [0.25, 0.3) is 10.9 Å². The van der Waals surface area contributed by atoms with E-state index in [0.717, 1.165) is 0 Å². The molecule has 0 bridgehead atoms. The Bertz CT molecular complexity index is 657. The molecule has 0 atom stereocenters. The molecule has 0 saturated carbocycles. The number of aromatic nitrogens is 1. The number of hydrogen-bond donors (Lipinski definition) is 2. The van der Waals surface area contributed by atoms with Crippen LogP contribution in [0.2, 0.25) is 0 Å². The summed E-state index contributed by atoms with van der Waals surface area (Å²) in [5.41, 5.74) is 0.748. The van der Waals surface area contributed by atoms with Gasteiger partial charge in [0, 0.05) is 18.5 Å². The zero-order valence-electron chi connectivity index (χ0n) is 9.17. The lowest BCUT2D eigenvalue weighted by Gasteiger charge is -2.09. The molecular weight excluding hydrogens is 222 g/mol. The molecule has 88 valence electrons. The standard InChI is InChI=1S/C12H11NO4/c1-13-10-3-2-8(14)6-9(10)7(4-11(13)15)5-12(16)17/h2-4,6,14H,5H2,1H3,(H,16,17). The molecule has 0 saturated heterocycles. The molecule has 0 aliphatic rings. The average Bonchev–Trinajstić information content (AvgIpc) is 2.25. The molecule has 2 rings (SSSR count). The Labute approximate surface area is 96.5 Å². The Hall–Kier alpha value is -2.30. The molecule has 5 nitrogen and oxygen atoms in total. The number of aliphatic carboxylic acids is 1. The highest BCUT2D eigenvalue weighted by Crippen LogP contribution is 2.22. The quantitative estimate of drug-likeness (QED) is 0.806. The van der Waals surface area contributed by atoms with Gasteiger partial charge < -0.3 is 14.8 Å². The van der Waals surface area contributed by atoms with E-state index in [-0.39, 0.29) is 17.7 Å². The second-order valence-electron chi connectivity index (χ2n) is 3.84. The summed E-state index contributed by atoms with van der Waals surface area (Å²) in [5, 5.41) is 18.8. The van der Waals surface area contributed by atoms with Gasteiger partial charge in [0.2, 0.25) is 0 Å². The van der Waals surface area contributed by atoms with Crippen LogP contribution in [0, 0.1) is 0 Å². The fraction of sp³-hybridized carbons (Fsp3) is 0.167. The predicted molar refractivity (Wildman–Crippen MR) is 62.2 cm³/mol. The van der Waals surface area contributed by atoms with Crippen LogP contribution < -0.4 is 5.56 Å². The monoisotopic (exact) mass is 233 g/mol. The zero-order chi connectivity index (χ0) is 12.6. The van der Waals surface area contributed by atoms with Gasteiger partial charge in [-0.1, -0.05) is 0 Å². The van der Waals surface area contributed by atoms with E-state index < -0.39 is 5.97 Å². The van der Waals surface area contributed by atoms with Crippen LogP contribution in [0.5, 0.6) is 5.75 Å². The Morgan fingerprint density at radius 2 is 2.06 bits per heavy atom. The highest BCUT2D eigenvalue weighted by molar-refractivity contribution is 5.87. The molecule has 2 aromatic rings. The van der Waals surface area contributed by atoms with Crippen molar-refractivity contribution in [2.75, 3.05) is 0 Å². The first-order valence-corrected chi connectivity index (χ1v) is 5.02. The average molecular weight is 233 g/mol. The highest BCUT2D eigenvalue weighted by atomic mass is 16.4. The third-order valence-corrected chi connectivity index (χ3v) is 2.66. The molecule has 1 aromatic heterocycles. The number of phenolic OH excluding ortho intramolecular Hbond substituents is 1. The van der Waals surface area contributed by atoms with Gasteiger partial charge in [0.15, 0.2) is 0 Å². The van der Waals surface area contributed by atoms with Crippen LogP contribution in [-0.4, -0.2) is 20.7 Å². The molecule has 5 heteroatoms. The maximum absolute atomic E-state index is 11.6. The van der Waals surface area contributed by atoms with Gasteiger partial charge in [-0.05, 0) is 23.8 Å². The van der Waals surface area contributed by atoms with E-state index in [4.69, 9.17) is 5.11 Å². The molecule has 0 spiro atoms. The Balaban J connectivity index is 2.82. The maximum atomic E-state index is 11.6. The summed E-state index contributed by atoms with van der Waals surface area (Å²) in [7, 11) is 1.60. The minimum Gasteiger partial charge on any atom is -0.508 e. The van der Waals surface area contributed by atoms with Crippen molar-refractivity contribution in [3.05, 3.63) is 40.2 Å². The smallest absolute Gasteiger partial charge is 0.307 e. The van der Waals surface area contributed by atoms with Crippen molar-refractivity contribution in [1.82, 2.24) is 4.57 Å². The summed E-state index contributed by atoms with van der Waals surface area (Å²) < 4.78 is 1.42. The number of hydrogen-bond acceptors (Lipinski definition) is 3. The van der Waals surface area contributed by atoms with Crippen molar-refractivity contribution in [2.45, 2.75) is 6.42 Å². The molecule has 0 aliphatic carbocycles. The summed E-state index contributed by atoms with van der Waals surface area (Å²) >= 11 is 0. The van der Waals surface area contributed by atoms with E-state index in [9.17, 15) is 14.7 Å². The van der Waals surface area contributed by atoms with E-state index in [2.05, 4.69) is 0 Å². The second kappa shape index (κ2) is 3.93. The minimum atomic E-state index is -1.01. The number of phenols is 1. The molecular formula is C12H11NO4. The van der Waals surface area contributed by atoms with Crippen molar-refractivity contribution < 1.29 is 15.0 Å². The number of nitrogens with zero attached hydrogens (tertiary/aromatic N) is 1. The number of aryl methyl sites for hydroxylation is 1. The van der Waals surface area contributed by atoms with Crippen LogP contribution in [0.3, 0.4) is 0 Å². The Morgan fingerprint density at radius 1 is 1.35 bits per heavy atom. The largest absolute Gasteiger partial charge is 0.508 e. The van der Waals surface area contributed by atoms with E-state index in [1.54, 1.807) is 13.1 Å². The number of rotatable bonds is 2. The first-order chi connectivity index (χ1) is 7.99. The van der Waals surface area contributed by atoms with Crippen LogP contribution in [-0.2, 0) is 18.3 Å². The number of carboxylic acid groups (broad SMARTS) is 1. The summed E-state index contributed by atoms with van der Waals surface area (Å²) in [4.78, 5) is 22.3. The summed E-state index contributed by atoms with van der Waals surface area (Å²) in [6.45, 7) is 0. The summed E-state index contributed by atoms with van der Waals surface area (Å²) in [5.74, 6) is -0.967. The zero-order valence-corrected chi connectivity index (χ0v) is 9.17. The summed E-state index contributed by atoms with van der Waals surface area (Å²) in [6.07, 6.45) is -0.240. The highest BCUT2D eigenvalue weighted by Gasteiger charge is 2.10. The topological polar surface area (TPSA) is 79.5 Å². The van der Waals surface area contributed by atoms with Crippen molar-refractivity contribution >= 4 is 16.9 Å². The molecule has 0 fully saturated rings. The van der Waals surface area contributed by atoms with Crippen LogP contribution in [0.1, 0.15) is 5.56 Å². The van der Waals surface area contributed by atoms with Gasteiger partial charge in [0.25, 0.3) is 5.56 Å². The molecule has 0 amide bonds. The van der Waals surface area contributed by atoms with Gasteiger partial charge in [0.05, 0.1) is 11.9 Å². The molecule has 1 heterocycles. The van der Waals surface area contributed by atoms with Crippen molar-refractivity contribution in [3.63, 3.8) is 0 Å². The van der Waals surface area contributed by atoms with Gasteiger partial charge in [-0.25, -0.2) is 0 Å². The minimum absolute atomic E-state index is 0.0442. The maximum Gasteiger partial charge on any atom is 0.307 e. The third-order valence-electron chi connectivity index (χ3n) is 2.66. The van der Waals surface area contributed by atoms with Gasteiger partial charge >= 0.3 is 5.97 Å². The van der Waals surface area contributed by atoms with Crippen LogP contribution >= 0.6 is 0 Å². The fourth-order valence-electron chi connectivity index (χ4n) is 1.83. The van der Waals surface area contributed by atoms with Gasteiger partial charge in [-0.15, -0.1) is 0 Å². The van der Waals surface area contributed by atoms with Gasteiger partial charge in [0.1, 0.15) is 5.75 Å². The van der Waals surface area contributed by atoms with E-state index in [0.29, 0.717) is 16.5 Å². The Kier molecular flexibility index (Phi) is 2.59. The van der Waals surface area contributed by atoms with Crippen molar-refractivity contribution in [3.8, 4) is 5.75 Å². The van der Waals surface area contributed by atoms with Crippen molar-refractivity contribution in [1.29, 1.82) is 0 Å². The third kappa shape index (κ3) is 1.99. The first-order valence-electron chi connectivity index (χ1n) is 5.02. The molecule has 0 unspecified atom stereocenters. The number of pyridine rings is 1. The van der Waals surface area contributed by atoms with Gasteiger partial charge in [-0.2, -0.15) is 0 Å². The lowest BCUT2D eigenvalue weighted by atomic mass is 10.1. The van der Waals surface area contributed by atoms with Crippen molar-refractivity contribution in [2.24, 2.45) is 7.05 Å². The van der Waals surface area contributed by atoms with E-state index in [1.165, 1.54) is 22.8 Å². The van der Waals surface area contributed by atoms with Gasteiger partial charge in [-0.3, -0.25) is 9.59 Å². The lowest BCUT2D eigenvalue weighted by Crippen LogP contribution is -2.18. The SMILES string of the molecule is Cn1c(=O)cc(CC(=O)O)c2cc(O)ccc21. The number of aromatic hydroxyl groups is 1. The molecule has 0 radical (unpaired) electrons. The van der Waals surface area contributed by atoms with E-state index in [1.807, 2.05) is 0 Å². The van der Waals surface area contributed by atoms with Crippen LogP contribution in [0.4, 0.5) is 0 Å². The molecule has 17 heavy (non-hydrogen) atoms. The molecule has 2 N–H and O–H groups in total. The number of benzene rings is 1. The number of carboxylic acids is 1. The first kappa shape index (κ1) is 11.2. The van der Waals surface area contributed by atoms with E-state index >= 15 is 0 Å². The number of carbonyl (C=O) groups is 1.